The molecule has 4 heterocycles. The van der Waals surface area contributed by atoms with Crippen LogP contribution >= 0.6 is 11.5 Å². The molecule has 0 unspecified atom stereocenters. The third-order valence-corrected chi connectivity index (χ3v) is 4.31. The van der Waals surface area contributed by atoms with Crippen LogP contribution in [0, 0.1) is 6.92 Å². The standard InChI is InChI=1S/C16H16N8S/c1-11-10-13(25-23-11)21-16-20-12-4-2-5-17-14(12)15(22-16)18-7-9-24-8-3-6-19-24/h2-6,8,10H,7,9H2,1H3,(H2,18,20,21,22). The largest absolute Gasteiger partial charge is 0.366 e. The number of anilines is 3. The maximum absolute atomic E-state index is 4.58. The van der Waals surface area contributed by atoms with Gasteiger partial charge in [-0.1, -0.05) is 0 Å². The molecule has 9 heteroatoms. The molecule has 0 bridgehead atoms. The zero-order valence-corrected chi connectivity index (χ0v) is 14.4. The maximum Gasteiger partial charge on any atom is 0.230 e. The Balaban J connectivity index is 1.59. The molecule has 0 saturated carbocycles. The van der Waals surface area contributed by atoms with Crippen molar-refractivity contribution in [2.24, 2.45) is 0 Å². The van der Waals surface area contributed by atoms with Gasteiger partial charge >= 0.3 is 0 Å². The number of nitrogens with one attached hydrogen (secondary N) is 2. The van der Waals surface area contributed by atoms with E-state index < -0.39 is 0 Å². The molecule has 0 atom stereocenters. The number of aromatic nitrogens is 6. The molecule has 2 N–H and O–H groups in total. The Kier molecular flexibility index (Phi) is 4.21. The maximum atomic E-state index is 4.58. The summed E-state index contributed by atoms with van der Waals surface area (Å²) in [5.41, 5.74) is 2.49. The third kappa shape index (κ3) is 3.56. The first-order valence-corrected chi connectivity index (χ1v) is 8.60. The van der Waals surface area contributed by atoms with E-state index >= 15 is 0 Å². The SMILES string of the molecule is Cc1cc(Nc2nc(NCCn3cccn3)c3ncccc3n2)sn1. The van der Waals surface area contributed by atoms with Crippen molar-refractivity contribution in [3.8, 4) is 0 Å². The van der Waals surface area contributed by atoms with Gasteiger partial charge in [0.25, 0.3) is 0 Å². The van der Waals surface area contributed by atoms with Crippen LogP contribution in [0.2, 0.25) is 0 Å². The van der Waals surface area contributed by atoms with Crippen molar-refractivity contribution in [1.29, 1.82) is 0 Å². The van der Waals surface area contributed by atoms with Gasteiger partial charge in [0.05, 0.1) is 17.8 Å². The molecule has 4 rings (SSSR count). The lowest BCUT2D eigenvalue weighted by molar-refractivity contribution is 0.637. The van der Waals surface area contributed by atoms with Gasteiger partial charge < -0.3 is 10.6 Å². The predicted molar refractivity (Wildman–Crippen MR) is 98.2 cm³/mol. The second-order valence-corrected chi connectivity index (χ2v) is 6.23. The molecule has 0 aromatic carbocycles. The van der Waals surface area contributed by atoms with Crippen molar-refractivity contribution >= 4 is 39.3 Å². The highest BCUT2D eigenvalue weighted by Gasteiger charge is 2.10. The smallest absolute Gasteiger partial charge is 0.230 e. The van der Waals surface area contributed by atoms with Crippen LogP contribution in [0.1, 0.15) is 5.69 Å². The summed E-state index contributed by atoms with van der Waals surface area (Å²) in [7, 11) is 0. The minimum Gasteiger partial charge on any atom is -0.366 e. The van der Waals surface area contributed by atoms with E-state index in [1.165, 1.54) is 11.5 Å². The average molecular weight is 352 g/mol. The molecule has 0 radical (unpaired) electrons. The van der Waals surface area contributed by atoms with Crippen molar-refractivity contribution in [3.05, 3.63) is 48.5 Å². The molecule has 0 aliphatic rings. The van der Waals surface area contributed by atoms with Crippen LogP contribution in [0.3, 0.4) is 0 Å². The van der Waals surface area contributed by atoms with E-state index in [4.69, 9.17) is 0 Å². The highest BCUT2D eigenvalue weighted by molar-refractivity contribution is 7.10. The number of rotatable bonds is 6. The average Bonchev–Trinajstić information content (AvgIpc) is 3.27. The van der Waals surface area contributed by atoms with Crippen LogP contribution < -0.4 is 10.6 Å². The molecule has 0 aliphatic heterocycles. The molecule has 4 aromatic rings. The summed E-state index contributed by atoms with van der Waals surface area (Å²) in [6.45, 7) is 3.38. The van der Waals surface area contributed by atoms with Crippen molar-refractivity contribution < 1.29 is 0 Å². The fraction of sp³-hybridized carbons (Fsp3) is 0.188. The van der Waals surface area contributed by atoms with Gasteiger partial charge in [0.2, 0.25) is 5.95 Å². The quantitative estimate of drug-likeness (QED) is 0.551. The Morgan fingerprint density at radius 2 is 2.16 bits per heavy atom. The monoisotopic (exact) mass is 352 g/mol. The summed E-state index contributed by atoms with van der Waals surface area (Å²) in [6, 6.07) is 7.66. The molecular weight excluding hydrogens is 336 g/mol. The first kappa shape index (κ1) is 15.5. The Bertz CT molecular complexity index is 979. The number of fused-ring (bicyclic) bond motifs is 1. The number of hydrogen-bond acceptors (Lipinski definition) is 8. The van der Waals surface area contributed by atoms with Crippen LogP contribution in [0.4, 0.5) is 16.8 Å². The first-order chi connectivity index (χ1) is 12.3. The zero-order chi connectivity index (χ0) is 17.1. The van der Waals surface area contributed by atoms with Crippen molar-refractivity contribution in [1.82, 2.24) is 29.1 Å². The summed E-state index contributed by atoms with van der Waals surface area (Å²) in [5, 5.41) is 11.6. The normalized spacial score (nSPS) is 10.9. The van der Waals surface area contributed by atoms with Crippen molar-refractivity contribution in [2.45, 2.75) is 13.5 Å². The molecule has 8 nitrogen and oxygen atoms in total. The molecule has 0 spiro atoms. The van der Waals surface area contributed by atoms with E-state index in [2.05, 4.69) is 35.1 Å². The predicted octanol–water partition coefficient (Wildman–Crippen LogP) is 2.84. The highest BCUT2D eigenvalue weighted by Crippen LogP contribution is 2.23. The van der Waals surface area contributed by atoms with Crippen molar-refractivity contribution in [3.63, 3.8) is 0 Å². The van der Waals surface area contributed by atoms with Gasteiger partial charge in [-0.2, -0.15) is 14.5 Å². The number of nitrogens with zero attached hydrogens (tertiary/aromatic N) is 6. The first-order valence-electron chi connectivity index (χ1n) is 7.82. The molecule has 0 saturated heterocycles. The summed E-state index contributed by atoms with van der Waals surface area (Å²) >= 11 is 1.38. The highest BCUT2D eigenvalue weighted by atomic mass is 32.1. The number of aryl methyl sites for hydroxylation is 1. The van der Waals surface area contributed by atoms with Gasteiger partial charge in [-0.05, 0) is 42.7 Å². The second-order valence-electron chi connectivity index (χ2n) is 5.42. The van der Waals surface area contributed by atoms with E-state index in [-0.39, 0.29) is 0 Å². The lowest BCUT2D eigenvalue weighted by Crippen LogP contribution is -2.13. The van der Waals surface area contributed by atoms with Gasteiger partial charge in [0, 0.05) is 25.1 Å². The number of hydrogen-bond donors (Lipinski definition) is 2. The van der Waals surface area contributed by atoms with Crippen LogP contribution in [-0.4, -0.2) is 35.7 Å². The lowest BCUT2D eigenvalue weighted by atomic mass is 10.3. The topological polar surface area (TPSA) is 93.4 Å². The molecule has 0 fully saturated rings. The fourth-order valence-corrected chi connectivity index (χ4v) is 3.06. The molecule has 0 aliphatic carbocycles. The Hall–Kier alpha value is -3.07. The van der Waals surface area contributed by atoms with Gasteiger partial charge in [0.1, 0.15) is 10.5 Å². The molecule has 25 heavy (non-hydrogen) atoms. The zero-order valence-electron chi connectivity index (χ0n) is 13.5. The van der Waals surface area contributed by atoms with Gasteiger partial charge in [-0.3, -0.25) is 9.67 Å². The van der Waals surface area contributed by atoms with Crippen LogP contribution in [-0.2, 0) is 6.54 Å². The van der Waals surface area contributed by atoms with Crippen molar-refractivity contribution in [2.75, 3.05) is 17.2 Å². The van der Waals surface area contributed by atoms with E-state index in [1.54, 1.807) is 12.4 Å². The van der Waals surface area contributed by atoms with Crippen LogP contribution in [0.25, 0.3) is 11.0 Å². The third-order valence-electron chi connectivity index (χ3n) is 3.51. The molecular formula is C16H16N8S. The Morgan fingerprint density at radius 3 is 2.96 bits per heavy atom. The van der Waals surface area contributed by atoms with E-state index in [0.717, 1.165) is 28.3 Å². The number of pyridine rings is 1. The lowest BCUT2D eigenvalue weighted by Gasteiger charge is -2.10. The van der Waals surface area contributed by atoms with E-state index in [1.807, 2.05) is 42.1 Å². The molecule has 4 aromatic heterocycles. The molecule has 0 amide bonds. The van der Waals surface area contributed by atoms with E-state index in [9.17, 15) is 0 Å². The Morgan fingerprint density at radius 1 is 1.20 bits per heavy atom. The van der Waals surface area contributed by atoms with Crippen LogP contribution in [0.15, 0.2) is 42.9 Å². The minimum absolute atomic E-state index is 0.519. The van der Waals surface area contributed by atoms with Crippen LogP contribution in [0.5, 0.6) is 0 Å². The van der Waals surface area contributed by atoms with Gasteiger partial charge in [-0.15, -0.1) is 0 Å². The summed E-state index contributed by atoms with van der Waals surface area (Å²) in [5.74, 6) is 1.22. The molecule has 126 valence electrons. The summed E-state index contributed by atoms with van der Waals surface area (Å²) in [4.78, 5) is 13.5. The van der Waals surface area contributed by atoms with Gasteiger partial charge in [-0.25, -0.2) is 4.98 Å². The van der Waals surface area contributed by atoms with Gasteiger partial charge in [0.15, 0.2) is 5.82 Å². The van der Waals surface area contributed by atoms with E-state index in [0.29, 0.717) is 18.3 Å². The summed E-state index contributed by atoms with van der Waals surface area (Å²) in [6.07, 6.45) is 5.43. The Labute approximate surface area is 148 Å². The summed E-state index contributed by atoms with van der Waals surface area (Å²) < 4.78 is 6.13. The minimum atomic E-state index is 0.519. The second kappa shape index (κ2) is 6.81. The fourth-order valence-electron chi connectivity index (χ4n) is 2.40.